The lowest BCUT2D eigenvalue weighted by Crippen LogP contribution is -2.28. The smallest absolute Gasteiger partial charge is 0.259 e. The number of nitrogens with zero attached hydrogens (tertiary/aromatic N) is 1. The van der Waals surface area contributed by atoms with E-state index in [1.807, 2.05) is 6.92 Å². The van der Waals surface area contributed by atoms with Gasteiger partial charge in [0.15, 0.2) is 6.61 Å². The van der Waals surface area contributed by atoms with Crippen LogP contribution >= 0.6 is 0 Å². The van der Waals surface area contributed by atoms with E-state index >= 15 is 0 Å². The second kappa shape index (κ2) is 7.85. The molecule has 1 N–H and O–H groups in total. The van der Waals surface area contributed by atoms with Crippen molar-refractivity contribution in [1.82, 2.24) is 10.2 Å². The molecule has 0 aliphatic heterocycles. The summed E-state index contributed by atoms with van der Waals surface area (Å²) in [5, 5.41) is 3.28. The summed E-state index contributed by atoms with van der Waals surface area (Å²) in [4.78, 5) is 13.0. The van der Waals surface area contributed by atoms with Crippen LogP contribution in [0, 0.1) is 5.82 Å². The monoisotopic (exact) mass is 282 g/mol. The van der Waals surface area contributed by atoms with Crippen molar-refractivity contribution in [3.8, 4) is 5.75 Å². The van der Waals surface area contributed by atoms with Gasteiger partial charge in [-0.05, 0) is 38.1 Å². The van der Waals surface area contributed by atoms with Gasteiger partial charge < -0.3 is 15.0 Å². The van der Waals surface area contributed by atoms with Crippen molar-refractivity contribution in [2.24, 2.45) is 0 Å². The Labute approximate surface area is 119 Å². The van der Waals surface area contributed by atoms with Crippen LogP contribution in [0.15, 0.2) is 18.2 Å². The Morgan fingerprint density at radius 2 is 2.15 bits per heavy atom. The summed E-state index contributed by atoms with van der Waals surface area (Å²) >= 11 is 0. The lowest BCUT2D eigenvalue weighted by molar-refractivity contribution is -0.130. The summed E-state index contributed by atoms with van der Waals surface area (Å²) in [5.41, 5.74) is 0.727. The lowest BCUT2D eigenvalue weighted by Gasteiger charge is -2.19. The highest BCUT2D eigenvalue weighted by Crippen LogP contribution is 2.26. The fraction of sp³-hybridized carbons (Fsp3) is 0.533. The molecule has 0 saturated heterocycles. The molecule has 1 aromatic carbocycles. The van der Waals surface area contributed by atoms with E-state index in [1.54, 1.807) is 20.2 Å². The van der Waals surface area contributed by atoms with E-state index < -0.39 is 0 Å². The van der Waals surface area contributed by atoms with E-state index in [9.17, 15) is 9.18 Å². The zero-order chi connectivity index (χ0) is 15.1. The molecular weight excluding hydrogens is 259 g/mol. The minimum absolute atomic E-state index is 0.0323. The van der Waals surface area contributed by atoms with Crippen LogP contribution in [0.5, 0.6) is 5.75 Å². The second-order valence-electron chi connectivity index (χ2n) is 4.93. The van der Waals surface area contributed by atoms with Gasteiger partial charge in [0.1, 0.15) is 11.6 Å². The fourth-order valence-electron chi connectivity index (χ4n) is 1.73. The first-order chi connectivity index (χ1) is 9.45. The van der Waals surface area contributed by atoms with Gasteiger partial charge in [-0.25, -0.2) is 4.39 Å². The van der Waals surface area contributed by atoms with Gasteiger partial charge in [-0.2, -0.15) is 0 Å². The van der Waals surface area contributed by atoms with Gasteiger partial charge in [0.05, 0.1) is 0 Å². The van der Waals surface area contributed by atoms with Crippen LogP contribution in [0.2, 0.25) is 0 Å². The van der Waals surface area contributed by atoms with Gasteiger partial charge in [0, 0.05) is 25.7 Å². The topological polar surface area (TPSA) is 41.6 Å². The maximum Gasteiger partial charge on any atom is 0.259 e. The van der Waals surface area contributed by atoms with Gasteiger partial charge >= 0.3 is 0 Å². The average Bonchev–Trinajstić information content (AvgIpc) is 2.42. The van der Waals surface area contributed by atoms with Gasteiger partial charge in [0.2, 0.25) is 0 Å². The van der Waals surface area contributed by atoms with Crippen molar-refractivity contribution in [2.45, 2.75) is 26.3 Å². The third-order valence-corrected chi connectivity index (χ3v) is 2.99. The average molecular weight is 282 g/mol. The molecule has 1 atom stereocenters. The molecule has 1 rings (SSSR count). The Hall–Kier alpha value is -1.62. The SMILES string of the molecule is CCCNC(C)c1cc(F)ccc1OCC(=O)N(C)C. The standard InChI is InChI=1S/C15H23FN2O2/c1-5-8-17-11(2)13-9-12(16)6-7-14(13)20-10-15(19)18(3)4/h6-7,9,11,17H,5,8,10H2,1-4H3. The number of likely N-dealkylation sites (N-methyl/N-ethyl adjacent to an activating group) is 1. The number of ether oxygens (including phenoxy) is 1. The molecule has 0 aliphatic rings. The normalized spacial score (nSPS) is 12.1. The molecule has 1 unspecified atom stereocenters. The van der Waals surface area contributed by atoms with Crippen LogP contribution in [-0.4, -0.2) is 38.1 Å². The number of carbonyl (C=O) groups excluding carboxylic acids is 1. The first kappa shape index (κ1) is 16.4. The molecular formula is C15H23FN2O2. The molecule has 0 bridgehead atoms. The molecule has 0 aliphatic carbocycles. The maximum absolute atomic E-state index is 13.4. The number of nitrogens with one attached hydrogen (secondary N) is 1. The van der Waals surface area contributed by atoms with Gasteiger partial charge in [-0.1, -0.05) is 6.92 Å². The summed E-state index contributed by atoms with van der Waals surface area (Å²) in [5.74, 6) is 0.101. The highest BCUT2D eigenvalue weighted by Gasteiger charge is 2.14. The van der Waals surface area contributed by atoms with Crippen molar-refractivity contribution >= 4 is 5.91 Å². The number of amides is 1. The summed E-state index contributed by atoms with van der Waals surface area (Å²) in [7, 11) is 3.34. The molecule has 0 fully saturated rings. The van der Waals surface area contributed by atoms with Crippen molar-refractivity contribution in [3.05, 3.63) is 29.6 Å². The van der Waals surface area contributed by atoms with Crippen molar-refractivity contribution < 1.29 is 13.9 Å². The molecule has 0 aromatic heterocycles. The molecule has 1 aromatic rings. The predicted octanol–water partition coefficient (Wildman–Crippen LogP) is 2.35. The van der Waals surface area contributed by atoms with E-state index in [1.165, 1.54) is 17.0 Å². The number of hydrogen-bond donors (Lipinski definition) is 1. The molecule has 112 valence electrons. The number of halogens is 1. The van der Waals surface area contributed by atoms with Crippen LogP contribution < -0.4 is 10.1 Å². The third-order valence-electron chi connectivity index (χ3n) is 2.99. The molecule has 4 nitrogen and oxygen atoms in total. The number of benzene rings is 1. The van der Waals surface area contributed by atoms with Crippen LogP contribution in [0.4, 0.5) is 4.39 Å². The molecule has 1 amide bonds. The minimum Gasteiger partial charge on any atom is -0.483 e. The second-order valence-corrected chi connectivity index (χ2v) is 4.93. The first-order valence-electron chi connectivity index (χ1n) is 6.81. The number of rotatable bonds is 7. The largest absolute Gasteiger partial charge is 0.483 e. The van der Waals surface area contributed by atoms with Crippen LogP contribution in [0.25, 0.3) is 0 Å². The van der Waals surface area contributed by atoms with Crippen molar-refractivity contribution in [1.29, 1.82) is 0 Å². The molecule has 20 heavy (non-hydrogen) atoms. The molecule has 0 saturated carbocycles. The lowest BCUT2D eigenvalue weighted by atomic mass is 10.1. The maximum atomic E-state index is 13.4. The Bertz CT molecular complexity index is 449. The van der Waals surface area contributed by atoms with Gasteiger partial charge in [0.25, 0.3) is 5.91 Å². The van der Waals surface area contributed by atoms with Gasteiger partial charge in [-0.3, -0.25) is 4.79 Å². The van der Waals surface area contributed by atoms with Crippen LogP contribution in [-0.2, 0) is 4.79 Å². The highest BCUT2D eigenvalue weighted by molar-refractivity contribution is 5.77. The zero-order valence-electron chi connectivity index (χ0n) is 12.6. The molecule has 0 spiro atoms. The Kier molecular flexibility index (Phi) is 6.45. The Balaban J connectivity index is 2.81. The quantitative estimate of drug-likeness (QED) is 0.834. The van der Waals surface area contributed by atoms with E-state index in [2.05, 4.69) is 12.2 Å². The summed E-state index contributed by atoms with van der Waals surface area (Å²) in [6, 6.07) is 4.32. The molecule has 5 heteroatoms. The zero-order valence-corrected chi connectivity index (χ0v) is 12.6. The first-order valence-corrected chi connectivity index (χ1v) is 6.81. The van der Waals surface area contributed by atoms with Gasteiger partial charge in [-0.15, -0.1) is 0 Å². The van der Waals surface area contributed by atoms with E-state index in [0.717, 1.165) is 18.5 Å². The van der Waals surface area contributed by atoms with Crippen molar-refractivity contribution in [2.75, 3.05) is 27.2 Å². The highest BCUT2D eigenvalue weighted by atomic mass is 19.1. The molecule has 0 radical (unpaired) electrons. The predicted molar refractivity (Wildman–Crippen MR) is 77.3 cm³/mol. The molecule has 0 heterocycles. The minimum atomic E-state index is -0.309. The van der Waals surface area contributed by atoms with Crippen LogP contribution in [0.1, 0.15) is 31.9 Å². The van der Waals surface area contributed by atoms with E-state index in [4.69, 9.17) is 4.74 Å². The summed E-state index contributed by atoms with van der Waals surface area (Å²) in [6.45, 7) is 4.81. The number of carbonyl (C=O) groups is 1. The summed E-state index contributed by atoms with van der Waals surface area (Å²) < 4.78 is 18.9. The number of hydrogen-bond acceptors (Lipinski definition) is 3. The summed E-state index contributed by atoms with van der Waals surface area (Å²) in [6.07, 6.45) is 0.995. The third kappa shape index (κ3) is 4.81. The van der Waals surface area contributed by atoms with Crippen LogP contribution in [0.3, 0.4) is 0 Å². The van der Waals surface area contributed by atoms with E-state index in [-0.39, 0.29) is 24.4 Å². The van der Waals surface area contributed by atoms with Crippen molar-refractivity contribution in [3.63, 3.8) is 0 Å². The van der Waals surface area contributed by atoms with E-state index in [0.29, 0.717) is 5.75 Å². The Morgan fingerprint density at radius 1 is 1.45 bits per heavy atom. The fourth-order valence-corrected chi connectivity index (χ4v) is 1.73. The Morgan fingerprint density at radius 3 is 2.75 bits per heavy atom.